The quantitative estimate of drug-likeness (QED) is 0.726. The molecule has 0 spiro atoms. The van der Waals surface area contributed by atoms with Crippen molar-refractivity contribution in [1.29, 1.82) is 0 Å². The number of thiophene rings is 1. The molecule has 2 heterocycles. The molecule has 3 rings (SSSR count). The van der Waals surface area contributed by atoms with Crippen LogP contribution in [0.3, 0.4) is 0 Å². The lowest BCUT2D eigenvalue weighted by molar-refractivity contribution is -0.119. The number of carbonyl (C=O) groups is 1. The number of amides is 1. The van der Waals surface area contributed by atoms with Crippen molar-refractivity contribution in [1.82, 2.24) is 9.13 Å². The van der Waals surface area contributed by atoms with Crippen LogP contribution in [0.2, 0.25) is 0 Å². The third-order valence-corrected chi connectivity index (χ3v) is 4.82. The minimum Gasteiger partial charge on any atom is -0.311 e. The van der Waals surface area contributed by atoms with E-state index >= 15 is 0 Å². The fourth-order valence-electron chi connectivity index (χ4n) is 2.68. The van der Waals surface area contributed by atoms with Crippen molar-refractivity contribution in [3.8, 4) is 0 Å². The van der Waals surface area contributed by atoms with E-state index in [9.17, 15) is 14.4 Å². The monoisotopic (exact) mass is 343 g/mol. The standard InChI is InChI=1S/C17H17N3O3S/c1-3-19(12-7-5-4-6-8-12)14(21)11-20-13-9-10-24-15(13)16(22)18(2)17(20)23/h4-10H,3,11H2,1-2H3. The summed E-state index contributed by atoms with van der Waals surface area (Å²) < 4.78 is 2.89. The van der Waals surface area contributed by atoms with Crippen LogP contribution in [0.1, 0.15) is 6.92 Å². The molecule has 3 aromatic rings. The van der Waals surface area contributed by atoms with Gasteiger partial charge in [0, 0.05) is 19.3 Å². The van der Waals surface area contributed by atoms with Gasteiger partial charge in [-0.05, 0) is 30.5 Å². The second-order valence-corrected chi connectivity index (χ2v) is 6.26. The van der Waals surface area contributed by atoms with Gasteiger partial charge in [-0.3, -0.25) is 18.7 Å². The van der Waals surface area contributed by atoms with Gasteiger partial charge >= 0.3 is 5.69 Å². The number of fused-ring (bicyclic) bond motifs is 1. The first kappa shape index (κ1) is 16.2. The summed E-state index contributed by atoms with van der Waals surface area (Å²) in [7, 11) is 1.43. The second-order valence-electron chi connectivity index (χ2n) is 5.34. The maximum absolute atomic E-state index is 12.7. The van der Waals surface area contributed by atoms with E-state index in [0.717, 1.165) is 10.3 Å². The van der Waals surface area contributed by atoms with Gasteiger partial charge in [0.25, 0.3) is 5.56 Å². The van der Waals surface area contributed by atoms with E-state index < -0.39 is 5.69 Å². The predicted octanol–water partition coefficient (Wildman–Crippen LogP) is 1.81. The van der Waals surface area contributed by atoms with E-state index in [1.54, 1.807) is 16.3 Å². The number of aromatic nitrogens is 2. The molecule has 0 saturated heterocycles. The first-order valence-electron chi connectivity index (χ1n) is 7.57. The number of carbonyl (C=O) groups excluding carboxylic acids is 1. The summed E-state index contributed by atoms with van der Waals surface area (Å²) in [5.74, 6) is -0.197. The molecule has 24 heavy (non-hydrogen) atoms. The van der Waals surface area contributed by atoms with E-state index in [-0.39, 0.29) is 18.0 Å². The summed E-state index contributed by atoms with van der Waals surface area (Å²) in [6.07, 6.45) is 0. The third kappa shape index (κ3) is 2.67. The lowest BCUT2D eigenvalue weighted by Crippen LogP contribution is -2.42. The number of hydrogen-bond acceptors (Lipinski definition) is 4. The van der Waals surface area contributed by atoms with Crippen LogP contribution >= 0.6 is 11.3 Å². The van der Waals surface area contributed by atoms with Crippen molar-refractivity contribution in [3.63, 3.8) is 0 Å². The number of anilines is 1. The Bertz CT molecular complexity index is 1000. The number of rotatable bonds is 4. The topological polar surface area (TPSA) is 64.3 Å². The van der Waals surface area contributed by atoms with Crippen molar-refractivity contribution < 1.29 is 4.79 Å². The Morgan fingerprint density at radius 2 is 1.88 bits per heavy atom. The minimum atomic E-state index is -0.483. The normalized spacial score (nSPS) is 10.9. The molecule has 2 aromatic heterocycles. The molecule has 0 N–H and O–H groups in total. The molecule has 0 unspecified atom stereocenters. The van der Waals surface area contributed by atoms with Crippen molar-refractivity contribution in [2.45, 2.75) is 13.5 Å². The van der Waals surface area contributed by atoms with Crippen LogP contribution in [-0.4, -0.2) is 21.6 Å². The number of likely N-dealkylation sites (N-methyl/N-ethyl adjacent to an activating group) is 1. The lowest BCUT2D eigenvalue weighted by atomic mass is 10.3. The molecule has 0 fully saturated rings. The summed E-state index contributed by atoms with van der Waals surface area (Å²) in [4.78, 5) is 38.9. The van der Waals surface area contributed by atoms with Crippen molar-refractivity contribution in [2.75, 3.05) is 11.4 Å². The van der Waals surface area contributed by atoms with Crippen molar-refractivity contribution in [3.05, 3.63) is 62.6 Å². The van der Waals surface area contributed by atoms with Gasteiger partial charge in [-0.15, -0.1) is 11.3 Å². The summed E-state index contributed by atoms with van der Waals surface area (Å²) in [5, 5.41) is 1.75. The van der Waals surface area contributed by atoms with Gasteiger partial charge in [0.1, 0.15) is 11.2 Å². The van der Waals surface area contributed by atoms with Gasteiger partial charge in [-0.1, -0.05) is 18.2 Å². The van der Waals surface area contributed by atoms with E-state index in [4.69, 9.17) is 0 Å². The first-order valence-corrected chi connectivity index (χ1v) is 8.45. The average molecular weight is 343 g/mol. The van der Waals surface area contributed by atoms with Crippen LogP contribution in [-0.2, 0) is 18.4 Å². The highest BCUT2D eigenvalue weighted by atomic mass is 32.1. The Balaban J connectivity index is 2.04. The maximum Gasteiger partial charge on any atom is 0.331 e. The molecule has 1 amide bonds. The second kappa shape index (κ2) is 6.45. The zero-order chi connectivity index (χ0) is 17.3. The number of hydrogen-bond donors (Lipinski definition) is 0. The Morgan fingerprint density at radius 3 is 2.54 bits per heavy atom. The smallest absolute Gasteiger partial charge is 0.311 e. The number of para-hydroxylation sites is 1. The van der Waals surface area contributed by atoms with Gasteiger partial charge in [-0.25, -0.2) is 4.79 Å². The highest BCUT2D eigenvalue weighted by Gasteiger charge is 2.18. The minimum absolute atomic E-state index is 0.108. The summed E-state index contributed by atoms with van der Waals surface area (Å²) >= 11 is 1.27. The van der Waals surface area contributed by atoms with E-state index in [2.05, 4.69) is 0 Å². The van der Waals surface area contributed by atoms with Gasteiger partial charge in [0.15, 0.2) is 0 Å². The highest BCUT2D eigenvalue weighted by molar-refractivity contribution is 7.17. The molecule has 0 atom stereocenters. The molecule has 0 aliphatic carbocycles. The molecule has 0 bridgehead atoms. The fourth-order valence-corrected chi connectivity index (χ4v) is 3.55. The molecular weight excluding hydrogens is 326 g/mol. The molecular formula is C17H17N3O3S. The van der Waals surface area contributed by atoms with Crippen LogP contribution in [0.5, 0.6) is 0 Å². The number of benzene rings is 1. The SMILES string of the molecule is CCN(C(=O)Cn1c(=O)n(C)c(=O)c2sccc21)c1ccccc1. The zero-order valence-corrected chi connectivity index (χ0v) is 14.2. The summed E-state index contributed by atoms with van der Waals surface area (Å²) in [6.45, 7) is 2.27. The fraction of sp³-hybridized carbons (Fsp3) is 0.235. The Hall–Kier alpha value is -2.67. The van der Waals surface area contributed by atoms with Crippen LogP contribution < -0.4 is 16.1 Å². The first-order chi connectivity index (χ1) is 11.5. The largest absolute Gasteiger partial charge is 0.331 e. The van der Waals surface area contributed by atoms with Gasteiger partial charge in [0.2, 0.25) is 5.91 Å². The average Bonchev–Trinajstić information content (AvgIpc) is 3.08. The Morgan fingerprint density at radius 1 is 1.17 bits per heavy atom. The van der Waals surface area contributed by atoms with Crippen LogP contribution in [0.15, 0.2) is 51.4 Å². The molecule has 0 radical (unpaired) electrons. The Labute approximate surface area is 142 Å². The maximum atomic E-state index is 12.7. The van der Waals surface area contributed by atoms with E-state index in [0.29, 0.717) is 16.8 Å². The van der Waals surface area contributed by atoms with Crippen molar-refractivity contribution >= 4 is 33.1 Å². The Kier molecular flexibility index (Phi) is 4.35. The molecule has 7 heteroatoms. The predicted molar refractivity (Wildman–Crippen MR) is 95.8 cm³/mol. The molecule has 6 nitrogen and oxygen atoms in total. The van der Waals surface area contributed by atoms with Crippen LogP contribution in [0.25, 0.3) is 10.2 Å². The molecule has 0 aliphatic heterocycles. The summed E-state index contributed by atoms with van der Waals surface area (Å²) in [5.41, 5.74) is 0.475. The van der Waals surface area contributed by atoms with Crippen molar-refractivity contribution in [2.24, 2.45) is 7.05 Å². The molecule has 1 aromatic carbocycles. The molecule has 124 valence electrons. The van der Waals surface area contributed by atoms with Gasteiger partial charge < -0.3 is 4.90 Å². The molecule has 0 saturated carbocycles. The van der Waals surface area contributed by atoms with Gasteiger partial charge in [0.05, 0.1) is 5.52 Å². The zero-order valence-electron chi connectivity index (χ0n) is 13.4. The summed E-state index contributed by atoms with van der Waals surface area (Å²) in [6, 6.07) is 11.0. The number of nitrogens with zero attached hydrogens (tertiary/aromatic N) is 3. The molecule has 0 aliphatic rings. The van der Waals surface area contributed by atoms with Gasteiger partial charge in [-0.2, -0.15) is 0 Å². The third-order valence-electron chi connectivity index (χ3n) is 3.93. The van der Waals surface area contributed by atoms with E-state index in [1.165, 1.54) is 23.0 Å². The van der Waals surface area contributed by atoms with Crippen LogP contribution in [0, 0.1) is 0 Å². The highest BCUT2D eigenvalue weighted by Crippen LogP contribution is 2.17. The van der Waals surface area contributed by atoms with Crippen LogP contribution in [0.4, 0.5) is 5.69 Å². The lowest BCUT2D eigenvalue weighted by Gasteiger charge is -2.21. The van der Waals surface area contributed by atoms with E-state index in [1.807, 2.05) is 37.3 Å².